The summed E-state index contributed by atoms with van der Waals surface area (Å²) in [4.78, 5) is 67.2. The van der Waals surface area contributed by atoms with Crippen molar-refractivity contribution in [3.63, 3.8) is 0 Å². The number of benzene rings is 1. The van der Waals surface area contributed by atoms with E-state index in [0.29, 0.717) is 59.6 Å². The molecule has 4 amide bonds. The van der Waals surface area contributed by atoms with E-state index in [0.717, 1.165) is 30.8 Å². The van der Waals surface area contributed by atoms with Crippen molar-refractivity contribution in [1.82, 2.24) is 39.4 Å². The molecular weight excluding hydrogens is 863 g/mol. The molecule has 5 heterocycles. The van der Waals surface area contributed by atoms with Gasteiger partial charge in [-0.25, -0.2) is 19.6 Å². The Hall–Kier alpha value is -4.79. The van der Waals surface area contributed by atoms with E-state index in [4.69, 9.17) is 19.4 Å². The van der Waals surface area contributed by atoms with E-state index in [1.165, 1.54) is 31.9 Å². The average Bonchev–Trinajstić information content (AvgIpc) is 3.46. The fraction of sp³-hybridized carbons (Fsp3) is 0.636. The number of likely N-dealkylation sites (N-methyl/N-ethyl adjacent to an activating group) is 1. The second-order valence-electron chi connectivity index (χ2n) is 19.0. The van der Waals surface area contributed by atoms with Crippen LogP contribution in [0.4, 0.5) is 9.93 Å². The summed E-state index contributed by atoms with van der Waals surface area (Å²) in [5.41, 5.74) is -0.218. The van der Waals surface area contributed by atoms with Crippen LogP contribution >= 0.6 is 11.3 Å². The highest BCUT2D eigenvalue weighted by Crippen LogP contribution is 2.48. The van der Waals surface area contributed by atoms with Crippen molar-refractivity contribution in [2.24, 2.45) is 11.3 Å². The molecule has 2 aromatic heterocycles. The standard InChI is InChI=1S/C44H63N9O9S2/c1-26(2)45-42-48-34(25-63-42)33-21-36(30-16-15-28(61-7)19-32(30)46-33)62-29-20-35-38(54)50-44(40(56)57)22-27(44)13-11-9-8-10-12-14-31(39(55)53(35)23-29)47-41(58)49-37(43(3,4)5)24-52-18-17-51(6)64(52,59)60/h15-16,19,21,25-27,29,31,35,37H,8-14,17-18,20,22-24H2,1-7H3,(H,45,48)(H,50,54)(H,56,57)(H2,47,49,58)/t27?,29-,31+,35+,37?,44-/m1/s1. The number of anilines is 1. The number of aliphatic carboxylic acids is 1. The average molecular weight is 926 g/mol. The number of carbonyl (C=O) groups is 4. The van der Waals surface area contributed by atoms with Gasteiger partial charge in [-0.2, -0.15) is 17.0 Å². The predicted octanol–water partition coefficient (Wildman–Crippen LogP) is 4.81. The number of fused-ring (bicyclic) bond motifs is 3. The molecule has 0 spiro atoms. The van der Waals surface area contributed by atoms with Crippen LogP contribution in [0.3, 0.4) is 0 Å². The van der Waals surface area contributed by atoms with Gasteiger partial charge in [0, 0.05) is 68.1 Å². The maximum absolute atomic E-state index is 14.9. The van der Waals surface area contributed by atoms with Crippen molar-refractivity contribution in [3.05, 3.63) is 29.6 Å². The molecule has 4 aliphatic rings. The number of carboxylic acid groups (broad SMARTS) is 1. The number of nitrogens with zero attached hydrogens (tertiary/aromatic N) is 5. The molecule has 350 valence electrons. The van der Waals surface area contributed by atoms with E-state index in [1.54, 1.807) is 25.3 Å². The second-order valence-corrected chi connectivity index (χ2v) is 21.9. The number of aromatic nitrogens is 2. The van der Waals surface area contributed by atoms with Gasteiger partial charge in [0.1, 0.15) is 40.9 Å². The van der Waals surface area contributed by atoms with Crippen molar-refractivity contribution in [2.75, 3.05) is 45.7 Å². The zero-order chi connectivity index (χ0) is 46.1. The molecule has 1 aliphatic carbocycles. The molecule has 1 aromatic carbocycles. The number of methoxy groups -OCH3 is 1. The molecule has 20 heteroatoms. The first kappa shape index (κ1) is 47.2. The van der Waals surface area contributed by atoms with E-state index < -0.39 is 69.2 Å². The van der Waals surface area contributed by atoms with Crippen LogP contribution in [0.15, 0.2) is 29.6 Å². The van der Waals surface area contributed by atoms with E-state index in [2.05, 4.69) is 21.3 Å². The lowest BCUT2D eigenvalue weighted by Crippen LogP contribution is -2.59. The van der Waals surface area contributed by atoms with Crippen molar-refractivity contribution in [3.8, 4) is 22.9 Å². The van der Waals surface area contributed by atoms with Gasteiger partial charge < -0.3 is 40.7 Å². The molecule has 3 aliphatic heterocycles. The molecule has 3 saturated heterocycles. The number of amides is 4. The Morgan fingerprint density at radius 2 is 1.78 bits per heavy atom. The Kier molecular flexibility index (Phi) is 14.0. The van der Waals surface area contributed by atoms with Crippen LogP contribution in [0, 0.1) is 11.3 Å². The summed E-state index contributed by atoms with van der Waals surface area (Å²) in [6.07, 6.45) is 4.55. The molecular formula is C44H63N9O9S2. The van der Waals surface area contributed by atoms with E-state index in [-0.39, 0.29) is 44.4 Å². The highest BCUT2D eigenvalue weighted by Gasteiger charge is 2.62. The third-order valence-electron chi connectivity index (χ3n) is 12.9. The Morgan fingerprint density at radius 3 is 2.45 bits per heavy atom. The van der Waals surface area contributed by atoms with Crippen LogP contribution in [0.1, 0.15) is 92.4 Å². The van der Waals surface area contributed by atoms with Gasteiger partial charge in [0.25, 0.3) is 10.2 Å². The summed E-state index contributed by atoms with van der Waals surface area (Å²) in [7, 11) is -0.589. The third kappa shape index (κ3) is 10.3. The molecule has 6 atom stereocenters. The highest BCUT2D eigenvalue weighted by atomic mass is 32.2. The Morgan fingerprint density at radius 1 is 1.05 bits per heavy atom. The molecule has 4 fully saturated rings. The van der Waals surface area contributed by atoms with E-state index in [1.807, 2.05) is 46.1 Å². The number of nitrogens with one attached hydrogen (secondary N) is 4. The SMILES string of the molecule is COc1ccc2c(O[C@@H]3C[C@H]4C(=O)N[C@]5(C(=O)O)CC5CCCCCCC[C@H](NC(=O)NC(CN5CCN(C)S5(=O)=O)C(C)(C)C)C(=O)N4C3)cc(-c3csc(NC(C)C)n3)nc2c1. The molecule has 5 N–H and O–H groups in total. The minimum atomic E-state index is -3.68. The first-order valence-electron chi connectivity index (χ1n) is 22.3. The number of rotatable bonds is 11. The van der Waals surface area contributed by atoms with Gasteiger partial charge in [0.05, 0.1) is 24.9 Å². The lowest BCUT2D eigenvalue weighted by atomic mass is 9.86. The number of urea groups is 1. The van der Waals surface area contributed by atoms with Crippen molar-refractivity contribution in [2.45, 2.75) is 128 Å². The Balaban J connectivity index is 1.19. The maximum Gasteiger partial charge on any atom is 0.329 e. The van der Waals surface area contributed by atoms with Gasteiger partial charge in [-0.05, 0) is 56.6 Å². The zero-order valence-corrected chi connectivity index (χ0v) is 39.4. The first-order chi connectivity index (χ1) is 30.3. The minimum absolute atomic E-state index is 0.0281. The monoisotopic (exact) mass is 925 g/mol. The van der Waals surface area contributed by atoms with Gasteiger partial charge in [0.2, 0.25) is 11.8 Å². The highest BCUT2D eigenvalue weighted by molar-refractivity contribution is 7.87. The number of hydrogen-bond acceptors (Lipinski definition) is 12. The van der Waals surface area contributed by atoms with Crippen LogP contribution < -0.4 is 30.7 Å². The minimum Gasteiger partial charge on any atom is -0.497 e. The summed E-state index contributed by atoms with van der Waals surface area (Å²) in [6, 6.07) is 3.98. The summed E-state index contributed by atoms with van der Waals surface area (Å²) in [5.74, 6) is -1.37. The van der Waals surface area contributed by atoms with Crippen LogP contribution in [0.5, 0.6) is 11.5 Å². The maximum atomic E-state index is 14.9. The van der Waals surface area contributed by atoms with E-state index in [9.17, 15) is 32.7 Å². The lowest BCUT2D eigenvalue weighted by molar-refractivity contribution is -0.145. The smallest absolute Gasteiger partial charge is 0.329 e. The topological polar surface area (TPSA) is 225 Å². The van der Waals surface area contributed by atoms with Crippen molar-refractivity contribution in [1.29, 1.82) is 0 Å². The number of hydrogen-bond donors (Lipinski definition) is 5. The second kappa shape index (κ2) is 19.0. The normalized spacial score (nSPS) is 26.3. The van der Waals surface area contributed by atoms with Crippen LogP contribution in [-0.2, 0) is 24.6 Å². The fourth-order valence-electron chi connectivity index (χ4n) is 8.93. The number of carboxylic acids is 1. The quantitative estimate of drug-likeness (QED) is 0.175. The van der Waals surface area contributed by atoms with Gasteiger partial charge in [0.15, 0.2) is 5.13 Å². The number of ether oxygens (including phenoxy) is 2. The predicted molar refractivity (Wildman–Crippen MR) is 243 cm³/mol. The lowest BCUT2D eigenvalue weighted by Gasteiger charge is -2.35. The number of thiazole rings is 1. The van der Waals surface area contributed by atoms with Crippen LogP contribution in [-0.4, -0.2) is 137 Å². The number of carbonyl (C=O) groups excluding carboxylic acids is 3. The van der Waals surface area contributed by atoms with Gasteiger partial charge in [-0.15, -0.1) is 11.3 Å². The summed E-state index contributed by atoms with van der Waals surface area (Å²) >= 11 is 1.45. The number of pyridine rings is 1. The fourth-order valence-corrected chi connectivity index (χ4v) is 11.1. The molecule has 3 aromatic rings. The molecule has 64 heavy (non-hydrogen) atoms. The third-order valence-corrected chi connectivity index (χ3v) is 15.6. The van der Waals surface area contributed by atoms with Crippen molar-refractivity contribution < 1.29 is 42.2 Å². The van der Waals surface area contributed by atoms with Gasteiger partial charge in [-0.1, -0.05) is 52.9 Å². The molecule has 18 nitrogen and oxygen atoms in total. The van der Waals surface area contributed by atoms with Crippen molar-refractivity contribution >= 4 is 61.4 Å². The summed E-state index contributed by atoms with van der Waals surface area (Å²) < 4.78 is 40.9. The molecule has 0 radical (unpaired) electrons. The first-order valence-corrected chi connectivity index (χ1v) is 24.6. The Labute approximate surface area is 379 Å². The van der Waals surface area contributed by atoms with Crippen LogP contribution in [0.25, 0.3) is 22.3 Å². The van der Waals surface area contributed by atoms with Gasteiger partial charge >= 0.3 is 12.0 Å². The molecule has 0 bridgehead atoms. The zero-order valence-electron chi connectivity index (χ0n) is 37.8. The van der Waals surface area contributed by atoms with Gasteiger partial charge in [-0.3, -0.25) is 9.59 Å². The molecule has 2 unspecified atom stereocenters. The Bertz CT molecular complexity index is 2340. The van der Waals surface area contributed by atoms with Crippen LogP contribution in [0.2, 0.25) is 0 Å². The molecule has 1 saturated carbocycles. The molecule has 7 rings (SSSR count). The van der Waals surface area contributed by atoms with E-state index >= 15 is 0 Å². The summed E-state index contributed by atoms with van der Waals surface area (Å²) in [6.45, 7) is 10.4. The largest absolute Gasteiger partial charge is 0.497 e. The summed E-state index contributed by atoms with van der Waals surface area (Å²) in [5, 5.41) is 25.8.